The van der Waals surface area contributed by atoms with Crippen LogP contribution in [-0.4, -0.2) is 23.6 Å². The van der Waals surface area contributed by atoms with E-state index in [1.165, 1.54) is 30.3 Å². The summed E-state index contributed by atoms with van der Waals surface area (Å²) >= 11 is 0. The molecule has 9 heteroatoms. The number of carbonyl (C=O) groups is 1. The Balaban J connectivity index is 1.66. The summed E-state index contributed by atoms with van der Waals surface area (Å²) in [6, 6.07) is 7.36. The summed E-state index contributed by atoms with van der Waals surface area (Å²) in [7, 11) is 0. The van der Waals surface area contributed by atoms with E-state index in [2.05, 4.69) is 4.98 Å². The highest BCUT2D eigenvalue weighted by Crippen LogP contribution is 2.48. The third kappa shape index (κ3) is 3.88. The van der Waals surface area contributed by atoms with E-state index in [1.807, 2.05) is 5.32 Å². The topological polar surface area (TPSA) is 44.9 Å². The van der Waals surface area contributed by atoms with Gasteiger partial charge in [-0.25, -0.2) is 13.2 Å². The fourth-order valence-electron chi connectivity index (χ4n) is 3.91. The normalized spacial score (nSPS) is 19.0. The van der Waals surface area contributed by atoms with Gasteiger partial charge in [0.05, 0.1) is 11.2 Å². The fourth-order valence-corrected chi connectivity index (χ4v) is 3.91. The molecule has 1 aliphatic carbocycles. The summed E-state index contributed by atoms with van der Waals surface area (Å²) in [4.78, 5) is 14.9. The number of amides is 1. The lowest BCUT2D eigenvalue weighted by Gasteiger charge is -2.35. The van der Waals surface area contributed by atoms with Crippen molar-refractivity contribution in [2.45, 2.75) is 24.9 Å². The van der Waals surface area contributed by atoms with Gasteiger partial charge in [-0.1, -0.05) is 0 Å². The van der Waals surface area contributed by atoms with E-state index in [9.17, 15) is 31.1 Å². The second-order valence-electron chi connectivity index (χ2n) is 7.43. The van der Waals surface area contributed by atoms with Crippen molar-refractivity contribution < 1.29 is 31.1 Å². The molecule has 1 saturated carbocycles. The van der Waals surface area contributed by atoms with Crippen molar-refractivity contribution in [3.63, 3.8) is 0 Å². The van der Waals surface area contributed by atoms with Crippen LogP contribution in [0.2, 0.25) is 0 Å². The summed E-state index contributed by atoms with van der Waals surface area (Å²) in [5.74, 6) is -3.64. The van der Waals surface area contributed by atoms with E-state index in [1.54, 1.807) is 0 Å². The SMILES string of the molecule is O=C(NCC(F)(F)F)[C@H]1C[C@@H](c2c(-c3ccc(F)cc3)[nH]c3c(F)cc(F)cc32)C1. The zero-order valence-electron chi connectivity index (χ0n) is 15.4. The van der Waals surface area contributed by atoms with Crippen molar-refractivity contribution in [3.05, 3.63) is 59.4 Å². The van der Waals surface area contributed by atoms with Crippen molar-refractivity contribution >= 4 is 16.8 Å². The molecule has 4 rings (SSSR count). The summed E-state index contributed by atoms with van der Waals surface area (Å²) in [5.41, 5.74) is 1.66. The minimum Gasteiger partial charge on any atom is -0.352 e. The molecule has 0 spiro atoms. The monoisotopic (exact) mass is 426 g/mol. The minimum atomic E-state index is -4.50. The third-order valence-electron chi connectivity index (χ3n) is 5.38. The molecule has 2 N–H and O–H groups in total. The first-order valence-corrected chi connectivity index (χ1v) is 9.23. The highest BCUT2D eigenvalue weighted by atomic mass is 19.4. The highest BCUT2D eigenvalue weighted by molar-refractivity contribution is 5.92. The molecule has 30 heavy (non-hydrogen) atoms. The average Bonchev–Trinajstić information content (AvgIpc) is 2.98. The predicted molar refractivity (Wildman–Crippen MR) is 98.1 cm³/mol. The molecule has 1 aliphatic rings. The third-order valence-corrected chi connectivity index (χ3v) is 5.38. The summed E-state index contributed by atoms with van der Waals surface area (Å²) < 4.78 is 78.4. The van der Waals surface area contributed by atoms with Gasteiger partial charge >= 0.3 is 6.18 Å². The molecule has 0 radical (unpaired) electrons. The lowest BCUT2D eigenvalue weighted by atomic mass is 9.70. The number of aromatic nitrogens is 1. The van der Waals surface area contributed by atoms with E-state index < -0.39 is 42.0 Å². The van der Waals surface area contributed by atoms with Crippen LogP contribution < -0.4 is 5.32 Å². The largest absolute Gasteiger partial charge is 0.405 e. The van der Waals surface area contributed by atoms with Crippen molar-refractivity contribution in [1.29, 1.82) is 0 Å². The van der Waals surface area contributed by atoms with Gasteiger partial charge in [-0.2, -0.15) is 13.2 Å². The zero-order valence-corrected chi connectivity index (χ0v) is 15.4. The van der Waals surface area contributed by atoms with Crippen molar-refractivity contribution in [1.82, 2.24) is 10.3 Å². The lowest BCUT2D eigenvalue weighted by Crippen LogP contribution is -2.41. The van der Waals surface area contributed by atoms with Gasteiger partial charge in [0, 0.05) is 17.4 Å². The van der Waals surface area contributed by atoms with Crippen LogP contribution in [0.5, 0.6) is 0 Å². The van der Waals surface area contributed by atoms with Gasteiger partial charge in [0.15, 0.2) is 0 Å². The molecule has 1 fully saturated rings. The predicted octanol–water partition coefficient (Wildman–Crippen LogP) is 5.42. The summed E-state index contributed by atoms with van der Waals surface area (Å²) in [5, 5.41) is 2.16. The number of fused-ring (bicyclic) bond motifs is 1. The number of carbonyl (C=O) groups excluding carboxylic acids is 1. The number of rotatable bonds is 4. The van der Waals surface area contributed by atoms with Crippen molar-refractivity contribution in [2.24, 2.45) is 5.92 Å². The molecular weight excluding hydrogens is 410 g/mol. The maximum atomic E-state index is 14.3. The number of hydrogen-bond acceptors (Lipinski definition) is 1. The average molecular weight is 426 g/mol. The lowest BCUT2D eigenvalue weighted by molar-refractivity contribution is -0.142. The molecular formula is C21H16F6N2O. The van der Waals surface area contributed by atoms with Crippen LogP contribution in [0.3, 0.4) is 0 Å². The van der Waals surface area contributed by atoms with Gasteiger partial charge in [0.25, 0.3) is 0 Å². The Bertz CT molecular complexity index is 1100. The van der Waals surface area contributed by atoms with Gasteiger partial charge in [0.2, 0.25) is 5.91 Å². The Morgan fingerprint density at radius 3 is 2.33 bits per heavy atom. The van der Waals surface area contributed by atoms with Crippen LogP contribution in [0.1, 0.15) is 24.3 Å². The van der Waals surface area contributed by atoms with E-state index in [0.29, 0.717) is 22.2 Å². The Morgan fingerprint density at radius 1 is 1.03 bits per heavy atom. The molecule has 3 aromatic rings. The molecule has 0 bridgehead atoms. The van der Waals surface area contributed by atoms with E-state index >= 15 is 0 Å². The molecule has 0 aliphatic heterocycles. The first kappa shape index (κ1) is 20.3. The second kappa shape index (κ2) is 7.37. The molecule has 2 aromatic carbocycles. The number of nitrogens with one attached hydrogen (secondary N) is 2. The molecule has 0 atom stereocenters. The Kier molecular flexibility index (Phi) is 4.99. The maximum Gasteiger partial charge on any atom is 0.405 e. The second-order valence-corrected chi connectivity index (χ2v) is 7.43. The molecule has 3 nitrogen and oxygen atoms in total. The van der Waals surface area contributed by atoms with E-state index in [4.69, 9.17) is 0 Å². The Labute approximate surface area is 167 Å². The number of alkyl halides is 3. The molecule has 0 unspecified atom stereocenters. The first-order valence-electron chi connectivity index (χ1n) is 9.23. The molecule has 1 amide bonds. The van der Waals surface area contributed by atoms with Gasteiger partial charge in [-0.3, -0.25) is 4.79 Å². The summed E-state index contributed by atoms with van der Waals surface area (Å²) in [6.07, 6.45) is -4.02. The van der Waals surface area contributed by atoms with Crippen LogP contribution >= 0.6 is 0 Å². The van der Waals surface area contributed by atoms with Gasteiger partial charge in [-0.05, 0) is 60.2 Å². The smallest absolute Gasteiger partial charge is 0.352 e. The molecule has 1 aromatic heterocycles. The first-order chi connectivity index (χ1) is 14.1. The fraction of sp³-hybridized carbons (Fsp3) is 0.286. The standard InChI is InChI=1S/C21H16F6N2O/c22-13-3-1-10(2-4-13)18-17(15-7-14(23)8-16(24)19(15)29-18)11-5-12(6-11)20(30)28-9-21(25,26)27/h1-4,7-8,11-12,29H,5-6,9H2,(H,28,30)/t11-,12+. The van der Waals surface area contributed by atoms with Crippen LogP contribution in [0, 0.1) is 23.4 Å². The van der Waals surface area contributed by atoms with E-state index in [-0.39, 0.29) is 24.3 Å². The summed E-state index contributed by atoms with van der Waals surface area (Å²) in [6.45, 7) is -1.41. The quantitative estimate of drug-likeness (QED) is 0.538. The van der Waals surface area contributed by atoms with Gasteiger partial charge in [-0.15, -0.1) is 0 Å². The molecule has 158 valence electrons. The zero-order chi connectivity index (χ0) is 21.6. The van der Waals surface area contributed by atoms with Crippen LogP contribution in [0.25, 0.3) is 22.2 Å². The van der Waals surface area contributed by atoms with Crippen molar-refractivity contribution in [3.8, 4) is 11.3 Å². The van der Waals surface area contributed by atoms with Gasteiger partial charge < -0.3 is 10.3 Å². The number of aromatic amines is 1. The Hall–Kier alpha value is -2.97. The van der Waals surface area contributed by atoms with Crippen LogP contribution in [0.4, 0.5) is 26.3 Å². The van der Waals surface area contributed by atoms with Crippen LogP contribution in [0.15, 0.2) is 36.4 Å². The molecule has 1 heterocycles. The molecule has 0 saturated heterocycles. The van der Waals surface area contributed by atoms with Crippen LogP contribution in [-0.2, 0) is 4.79 Å². The number of halogens is 6. The van der Waals surface area contributed by atoms with E-state index in [0.717, 1.165) is 6.07 Å². The minimum absolute atomic E-state index is 0.0793. The maximum absolute atomic E-state index is 14.3. The van der Waals surface area contributed by atoms with Gasteiger partial charge in [0.1, 0.15) is 24.0 Å². The number of H-pyrrole nitrogens is 1. The highest BCUT2D eigenvalue weighted by Gasteiger charge is 2.39. The Morgan fingerprint density at radius 2 is 1.70 bits per heavy atom. The van der Waals surface area contributed by atoms with Crippen molar-refractivity contribution in [2.75, 3.05) is 6.54 Å². The number of hydrogen-bond donors (Lipinski definition) is 2. The number of benzene rings is 2.